The van der Waals surface area contributed by atoms with Gasteiger partial charge in [-0.2, -0.15) is 0 Å². The number of hydrogen-bond acceptors (Lipinski definition) is 4. The van der Waals surface area contributed by atoms with E-state index < -0.39 is 17.6 Å². The number of halogens is 1. The lowest BCUT2D eigenvalue weighted by Crippen LogP contribution is -2.46. The van der Waals surface area contributed by atoms with Crippen molar-refractivity contribution in [1.29, 1.82) is 0 Å². The van der Waals surface area contributed by atoms with Crippen molar-refractivity contribution in [1.82, 2.24) is 5.32 Å². The molecule has 0 aliphatic rings. The monoisotopic (exact) mass is 284 g/mol. The summed E-state index contributed by atoms with van der Waals surface area (Å²) in [6.07, 6.45) is -0.564. The van der Waals surface area contributed by atoms with E-state index in [0.29, 0.717) is 5.75 Å². The molecule has 112 valence electrons. The van der Waals surface area contributed by atoms with Crippen molar-refractivity contribution in [3.8, 4) is 5.75 Å². The van der Waals surface area contributed by atoms with E-state index in [-0.39, 0.29) is 25.4 Å². The second kappa shape index (κ2) is 7.21. The van der Waals surface area contributed by atoms with Gasteiger partial charge in [-0.1, -0.05) is 0 Å². The van der Waals surface area contributed by atoms with E-state index >= 15 is 0 Å². The zero-order valence-corrected chi connectivity index (χ0v) is 11.7. The van der Waals surface area contributed by atoms with E-state index in [2.05, 4.69) is 5.32 Å². The van der Waals surface area contributed by atoms with Gasteiger partial charge in [0.2, 0.25) is 5.91 Å². The largest absolute Gasteiger partial charge is 0.491 e. The van der Waals surface area contributed by atoms with E-state index in [4.69, 9.17) is 10.5 Å². The number of hydrogen-bond donors (Lipinski definition) is 3. The summed E-state index contributed by atoms with van der Waals surface area (Å²) in [6, 6.07) is 5.56. The summed E-state index contributed by atoms with van der Waals surface area (Å²) in [7, 11) is 0. The number of ether oxygens (including phenoxy) is 1. The van der Waals surface area contributed by atoms with Gasteiger partial charge in [0, 0.05) is 18.5 Å². The van der Waals surface area contributed by atoms with Crippen LogP contribution in [0.1, 0.15) is 20.3 Å². The van der Waals surface area contributed by atoms with Gasteiger partial charge in [-0.3, -0.25) is 4.79 Å². The Balaban J connectivity index is 2.31. The first-order valence-electron chi connectivity index (χ1n) is 6.38. The maximum absolute atomic E-state index is 12.7. The number of aliphatic hydroxyl groups excluding tert-OH is 1. The summed E-state index contributed by atoms with van der Waals surface area (Å²) in [5.41, 5.74) is 4.65. The van der Waals surface area contributed by atoms with Gasteiger partial charge in [-0.25, -0.2) is 4.39 Å². The number of carbonyl (C=O) groups excluding carboxylic acids is 1. The zero-order chi connectivity index (χ0) is 15.2. The van der Waals surface area contributed by atoms with Crippen LogP contribution < -0.4 is 15.8 Å². The van der Waals surface area contributed by atoms with Gasteiger partial charge in [0.25, 0.3) is 0 Å². The number of amides is 1. The Kier molecular flexibility index (Phi) is 5.91. The number of nitrogens with two attached hydrogens (primary N) is 1. The highest BCUT2D eigenvalue weighted by Crippen LogP contribution is 2.11. The molecule has 1 atom stereocenters. The summed E-state index contributed by atoms with van der Waals surface area (Å²) in [5, 5.41) is 12.8. The Labute approximate surface area is 117 Å². The fourth-order valence-corrected chi connectivity index (χ4v) is 1.67. The Morgan fingerprint density at radius 1 is 1.45 bits per heavy atom. The molecule has 1 unspecified atom stereocenters. The Morgan fingerprint density at radius 3 is 2.60 bits per heavy atom. The van der Waals surface area contributed by atoms with E-state index in [1.54, 1.807) is 0 Å². The number of aliphatic hydroxyl groups is 1. The van der Waals surface area contributed by atoms with Crippen molar-refractivity contribution in [3.63, 3.8) is 0 Å². The first kappa shape index (κ1) is 16.4. The van der Waals surface area contributed by atoms with Gasteiger partial charge in [-0.05, 0) is 38.1 Å². The standard InChI is InChI=1S/C14H21FN2O3/c1-14(2,7-13(16)19)17-8-11(18)9-20-12-5-3-10(15)4-6-12/h3-6,11,17-18H,7-9H2,1-2H3,(H2,16,19). The lowest BCUT2D eigenvalue weighted by Gasteiger charge is -2.26. The van der Waals surface area contributed by atoms with Gasteiger partial charge in [-0.15, -0.1) is 0 Å². The van der Waals surface area contributed by atoms with Crippen LogP contribution in [-0.4, -0.2) is 35.8 Å². The van der Waals surface area contributed by atoms with Crippen LogP contribution in [0.15, 0.2) is 24.3 Å². The number of nitrogens with one attached hydrogen (secondary N) is 1. The van der Waals surface area contributed by atoms with Crippen molar-refractivity contribution in [2.24, 2.45) is 5.73 Å². The quantitative estimate of drug-likeness (QED) is 0.659. The molecule has 20 heavy (non-hydrogen) atoms. The third-order valence-corrected chi connectivity index (χ3v) is 2.69. The Hall–Kier alpha value is -1.66. The van der Waals surface area contributed by atoms with E-state index in [1.807, 2.05) is 13.8 Å². The van der Waals surface area contributed by atoms with Crippen LogP contribution in [-0.2, 0) is 4.79 Å². The molecule has 0 aliphatic carbocycles. The normalized spacial score (nSPS) is 13.0. The fraction of sp³-hybridized carbons (Fsp3) is 0.500. The van der Waals surface area contributed by atoms with Crippen molar-refractivity contribution < 1.29 is 19.0 Å². The maximum atomic E-state index is 12.7. The van der Waals surface area contributed by atoms with Crippen LogP contribution in [0.25, 0.3) is 0 Å². The second-order valence-electron chi connectivity index (χ2n) is 5.33. The average molecular weight is 284 g/mol. The smallest absolute Gasteiger partial charge is 0.219 e. The molecule has 5 nitrogen and oxygen atoms in total. The Bertz CT molecular complexity index is 435. The number of benzene rings is 1. The molecule has 1 rings (SSSR count). The minimum atomic E-state index is -0.743. The number of rotatable bonds is 8. The molecule has 0 aromatic heterocycles. The highest BCUT2D eigenvalue weighted by Gasteiger charge is 2.21. The predicted octanol–water partition coefficient (Wildman–Crippen LogP) is 0.809. The predicted molar refractivity (Wildman–Crippen MR) is 73.8 cm³/mol. The highest BCUT2D eigenvalue weighted by atomic mass is 19.1. The summed E-state index contributed by atoms with van der Waals surface area (Å²) in [5.74, 6) is -0.255. The molecule has 1 aromatic carbocycles. The van der Waals surface area contributed by atoms with E-state index in [9.17, 15) is 14.3 Å². The van der Waals surface area contributed by atoms with Crippen LogP contribution in [0.3, 0.4) is 0 Å². The summed E-state index contributed by atoms with van der Waals surface area (Å²) in [4.78, 5) is 10.9. The first-order chi connectivity index (χ1) is 9.28. The van der Waals surface area contributed by atoms with Crippen molar-refractivity contribution in [2.45, 2.75) is 31.9 Å². The molecular formula is C14H21FN2O3. The molecule has 0 spiro atoms. The molecule has 0 radical (unpaired) electrons. The van der Waals surface area contributed by atoms with Gasteiger partial charge in [0.1, 0.15) is 24.3 Å². The molecule has 0 bridgehead atoms. The van der Waals surface area contributed by atoms with Gasteiger partial charge in [0.05, 0.1) is 0 Å². The molecule has 1 aromatic rings. The minimum absolute atomic E-state index is 0.0747. The van der Waals surface area contributed by atoms with Crippen LogP contribution in [0, 0.1) is 5.82 Å². The molecule has 4 N–H and O–H groups in total. The minimum Gasteiger partial charge on any atom is -0.491 e. The highest BCUT2D eigenvalue weighted by molar-refractivity contribution is 5.74. The number of carbonyl (C=O) groups is 1. The average Bonchev–Trinajstić information content (AvgIpc) is 2.34. The summed E-state index contributed by atoms with van der Waals surface area (Å²) >= 11 is 0. The van der Waals surface area contributed by atoms with Crippen LogP contribution >= 0.6 is 0 Å². The molecule has 1 amide bonds. The number of β-amino-alcohol motifs (C(OH)–C–C–N with tert-alkyl or cyclic N) is 1. The zero-order valence-electron chi connectivity index (χ0n) is 11.7. The second-order valence-corrected chi connectivity index (χ2v) is 5.33. The fourth-order valence-electron chi connectivity index (χ4n) is 1.67. The topological polar surface area (TPSA) is 84.6 Å². The SMILES string of the molecule is CC(C)(CC(N)=O)NCC(O)COc1ccc(F)cc1. The van der Waals surface area contributed by atoms with Gasteiger partial charge in [0.15, 0.2) is 0 Å². The molecular weight excluding hydrogens is 263 g/mol. The van der Waals surface area contributed by atoms with Crippen LogP contribution in [0.5, 0.6) is 5.75 Å². The van der Waals surface area contributed by atoms with Crippen molar-refractivity contribution in [3.05, 3.63) is 30.1 Å². The summed E-state index contributed by atoms with van der Waals surface area (Å²) < 4.78 is 18.0. The lowest BCUT2D eigenvalue weighted by atomic mass is 10.0. The van der Waals surface area contributed by atoms with Gasteiger partial charge < -0.3 is 20.9 Å². The van der Waals surface area contributed by atoms with Gasteiger partial charge >= 0.3 is 0 Å². The number of primary amides is 1. The molecule has 0 saturated heterocycles. The van der Waals surface area contributed by atoms with Crippen molar-refractivity contribution in [2.75, 3.05) is 13.2 Å². The summed E-state index contributed by atoms with van der Waals surface area (Å²) in [6.45, 7) is 3.99. The van der Waals surface area contributed by atoms with Crippen LogP contribution in [0.4, 0.5) is 4.39 Å². The third-order valence-electron chi connectivity index (χ3n) is 2.69. The molecule has 0 aliphatic heterocycles. The third kappa shape index (κ3) is 6.49. The van der Waals surface area contributed by atoms with Crippen molar-refractivity contribution >= 4 is 5.91 Å². The van der Waals surface area contributed by atoms with Crippen LogP contribution in [0.2, 0.25) is 0 Å². The lowest BCUT2D eigenvalue weighted by molar-refractivity contribution is -0.119. The molecule has 0 heterocycles. The molecule has 0 fully saturated rings. The maximum Gasteiger partial charge on any atom is 0.219 e. The van der Waals surface area contributed by atoms with E-state index in [0.717, 1.165) is 0 Å². The van der Waals surface area contributed by atoms with E-state index in [1.165, 1.54) is 24.3 Å². The molecule has 6 heteroatoms. The molecule has 0 saturated carbocycles. The Morgan fingerprint density at radius 2 is 2.05 bits per heavy atom. The first-order valence-corrected chi connectivity index (χ1v) is 6.38.